The summed E-state index contributed by atoms with van der Waals surface area (Å²) in [5.74, 6) is -0.268. The third-order valence-corrected chi connectivity index (χ3v) is 3.63. The van der Waals surface area contributed by atoms with E-state index in [9.17, 15) is 4.79 Å². The molecule has 2 aromatic rings. The number of hydrogen-bond acceptors (Lipinski definition) is 6. The Kier molecular flexibility index (Phi) is 4.73. The second kappa shape index (κ2) is 6.51. The molecule has 20 heavy (non-hydrogen) atoms. The number of nitrogens with zero attached hydrogens (tertiary/aromatic N) is 4. The quantitative estimate of drug-likeness (QED) is 0.620. The predicted molar refractivity (Wildman–Crippen MR) is 75.8 cm³/mol. The minimum atomic E-state index is -0.356. The van der Waals surface area contributed by atoms with Crippen molar-refractivity contribution in [2.75, 3.05) is 6.61 Å². The minimum Gasteiger partial charge on any atom is -0.465 e. The number of thioether (sulfide) groups is 1. The van der Waals surface area contributed by atoms with Crippen molar-refractivity contribution in [2.24, 2.45) is 0 Å². The molecule has 0 aliphatic carbocycles. The van der Waals surface area contributed by atoms with Crippen LogP contribution in [0.15, 0.2) is 29.4 Å². The lowest BCUT2D eigenvalue weighted by atomic mass is 10.2. The molecule has 1 unspecified atom stereocenters. The summed E-state index contributed by atoms with van der Waals surface area (Å²) in [4.78, 5) is 11.6. The van der Waals surface area contributed by atoms with Crippen LogP contribution in [0.25, 0.3) is 5.69 Å². The van der Waals surface area contributed by atoms with Gasteiger partial charge in [0.25, 0.3) is 0 Å². The molecule has 0 saturated heterocycles. The summed E-state index contributed by atoms with van der Waals surface area (Å²) in [6, 6.07) is 7.84. The van der Waals surface area contributed by atoms with Crippen LogP contribution in [0.1, 0.15) is 19.4 Å². The van der Waals surface area contributed by atoms with E-state index in [2.05, 4.69) is 15.5 Å². The Morgan fingerprint density at radius 2 is 2.10 bits per heavy atom. The van der Waals surface area contributed by atoms with Crippen molar-refractivity contribution in [3.8, 4) is 5.69 Å². The van der Waals surface area contributed by atoms with E-state index in [0.717, 1.165) is 11.3 Å². The molecule has 0 spiro atoms. The molecule has 0 aliphatic heterocycles. The van der Waals surface area contributed by atoms with Gasteiger partial charge in [-0.3, -0.25) is 4.79 Å². The maximum absolute atomic E-state index is 11.6. The summed E-state index contributed by atoms with van der Waals surface area (Å²) in [7, 11) is 0. The van der Waals surface area contributed by atoms with Crippen LogP contribution in [0.4, 0.5) is 0 Å². The first kappa shape index (κ1) is 14.5. The van der Waals surface area contributed by atoms with Gasteiger partial charge >= 0.3 is 5.97 Å². The number of ether oxygens (including phenoxy) is 1. The highest BCUT2D eigenvalue weighted by atomic mass is 32.2. The number of hydrogen-bond donors (Lipinski definition) is 0. The molecule has 1 aromatic carbocycles. The highest BCUT2D eigenvalue weighted by molar-refractivity contribution is 8.00. The number of carbonyl (C=O) groups is 1. The van der Waals surface area contributed by atoms with Gasteiger partial charge in [0.05, 0.1) is 12.3 Å². The Morgan fingerprint density at radius 1 is 1.40 bits per heavy atom. The molecule has 0 aliphatic rings. The number of aryl methyl sites for hydroxylation is 1. The maximum Gasteiger partial charge on any atom is 0.319 e. The smallest absolute Gasteiger partial charge is 0.319 e. The molecule has 0 saturated carbocycles. The van der Waals surface area contributed by atoms with Gasteiger partial charge in [-0.1, -0.05) is 29.5 Å². The van der Waals surface area contributed by atoms with Gasteiger partial charge in [-0.15, -0.1) is 5.10 Å². The zero-order chi connectivity index (χ0) is 14.5. The highest BCUT2D eigenvalue weighted by Gasteiger charge is 2.19. The number of carbonyl (C=O) groups excluding carboxylic acids is 1. The summed E-state index contributed by atoms with van der Waals surface area (Å²) in [6.45, 7) is 5.94. The van der Waals surface area contributed by atoms with Crippen LogP contribution in [0.3, 0.4) is 0 Å². The van der Waals surface area contributed by atoms with Gasteiger partial charge in [0.15, 0.2) is 0 Å². The lowest BCUT2D eigenvalue weighted by molar-refractivity contribution is -0.142. The van der Waals surface area contributed by atoms with Gasteiger partial charge in [0.2, 0.25) is 5.16 Å². The highest BCUT2D eigenvalue weighted by Crippen LogP contribution is 2.23. The second-order valence-electron chi connectivity index (χ2n) is 4.22. The van der Waals surface area contributed by atoms with E-state index >= 15 is 0 Å². The number of rotatable bonds is 5. The molecule has 106 valence electrons. The van der Waals surface area contributed by atoms with E-state index in [-0.39, 0.29) is 11.2 Å². The van der Waals surface area contributed by atoms with Crippen molar-refractivity contribution in [3.63, 3.8) is 0 Å². The zero-order valence-electron chi connectivity index (χ0n) is 11.6. The third kappa shape index (κ3) is 3.36. The van der Waals surface area contributed by atoms with E-state index in [4.69, 9.17) is 4.74 Å². The molecule has 0 bridgehead atoms. The molecule has 6 nitrogen and oxygen atoms in total. The van der Waals surface area contributed by atoms with E-state index in [0.29, 0.717) is 11.8 Å². The summed E-state index contributed by atoms with van der Waals surface area (Å²) in [6.07, 6.45) is 0. The molecular formula is C13H16N4O2S. The second-order valence-corrected chi connectivity index (χ2v) is 5.53. The van der Waals surface area contributed by atoms with Gasteiger partial charge in [-0.05, 0) is 43.3 Å². The molecule has 2 rings (SSSR count). The van der Waals surface area contributed by atoms with Crippen molar-refractivity contribution < 1.29 is 9.53 Å². The van der Waals surface area contributed by atoms with Gasteiger partial charge in [0, 0.05) is 0 Å². The first-order valence-corrected chi connectivity index (χ1v) is 7.18. The number of benzene rings is 1. The van der Waals surface area contributed by atoms with Crippen molar-refractivity contribution >= 4 is 17.7 Å². The predicted octanol–water partition coefficient (Wildman–Crippen LogP) is 2.01. The Balaban J connectivity index is 2.16. The number of aromatic nitrogens is 4. The Bertz CT molecular complexity index is 582. The van der Waals surface area contributed by atoms with Gasteiger partial charge in [-0.2, -0.15) is 4.68 Å². The van der Waals surface area contributed by atoms with E-state index in [1.807, 2.05) is 31.2 Å². The van der Waals surface area contributed by atoms with Gasteiger partial charge < -0.3 is 4.74 Å². The Morgan fingerprint density at radius 3 is 2.75 bits per heavy atom. The summed E-state index contributed by atoms with van der Waals surface area (Å²) >= 11 is 1.28. The SMILES string of the molecule is CCOC(=O)C(C)Sc1nnnn1-c1ccc(C)cc1. The molecule has 1 heterocycles. The lowest BCUT2D eigenvalue weighted by Gasteiger charge is -2.09. The molecule has 0 radical (unpaired) electrons. The monoisotopic (exact) mass is 292 g/mol. The molecule has 0 amide bonds. The first-order valence-electron chi connectivity index (χ1n) is 6.30. The Labute approximate surface area is 121 Å². The number of esters is 1. The van der Waals surface area contributed by atoms with Gasteiger partial charge in [-0.25, -0.2) is 0 Å². The van der Waals surface area contributed by atoms with Crippen LogP contribution >= 0.6 is 11.8 Å². The summed E-state index contributed by atoms with van der Waals surface area (Å²) < 4.78 is 6.59. The van der Waals surface area contributed by atoms with Crippen molar-refractivity contribution in [1.82, 2.24) is 20.2 Å². The largest absolute Gasteiger partial charge is 0.465 e. The topological polar surface area (TPSA) is 69.9 Å². The average molecular weight is 292 g/mol. The van der Waals surface area contributed by atoms with E-state index in [1.165, 1.54) is 11.8 Å². The van der Waals surface area contributed by atoms with Crippen LogP contribution in [0.2, 0.25) is 0 Å². The standard InChI is InChI=1S/C13H16N4O2S/c1-4-19-12(18)10(3)20-13-14-15-16-17(13)11-7-5-9(2)6-8-11/h5-8,10H,4H2,1-3H3. The fourth-order valence-electron chi connectivity index (χ4n) is 1.57. The van der Waals surface area contributed by atoms with E-state index in [1.54, 1.807) is 18.5 Å². The maximum atomic E-state index is 11.6. The molecule has 1 aromatic heterocycles. The lowest BCUT2D eigenvalue weighted by Crippen LogP contribution is -2.17. The third-order valence-electron chi connectivity index (χ3n) is 2.62. The molecule has 0 N–H and O–H groups in total. The van der Waals surface area contributed by atoms with Crippen LogP contribution in [0.5, 0.6) is 0 Å². The molecule has 7 heteroatoms. The van der Waals surface area contributed by atoms with Crippen LogP contribution in [-0.2, 0) is 9.53 Å². The zero-order valence-corrected chi connectivity index (χ0v) is 12.4. The van der Waals surface area contributed by atoms with Crippen molar-refractivity contribution in [1.29, 1.82) is 0 Å². The van der Waals surface area contributed by atoms with Crippen LogP contribution < -0.4 is 0 Å². The fraction of sp³-hybridized carbons (Fsp3) is 0.385. The van der Waals surface area contributed by atoms with Crippen LogP contribution in [-0.4, -0.2) is 38.0 Å². The summed E-state index contributed by atoms with van der Waals surface area (Å²) in [5.41, 5.74) is 2.02. The minimum absolute atomic E-state index is 0.268. The Hall–Kier alpha value is -1.89. The molecule has 1 atom stereocenters. The number of tetrazole rings is 1. The van der Waals surface area contributed by atoms with Crippen LogP contribution in [0, 0.1) is 6.92 Å². The fourth-order valence-corrected chi connectivity index (χ4v) is 2.37. The first-order chi connectivity index (χ1) is 9.61. The van der Waals surface area contributed by atoms with Gasteiger partial charge in [0.1, 0.15) is 5.25 Å². The normalized spacial score (nSPS) is 12.2. The van der Waals surface area contributed by atoms with Crippen molar-refractivity contribution in [2.45, 2.75) is 31.2 Å². The van der Waals surface area contributed by atoms with E-state index < -0.39 is 0 Å². The summed E-state index contributed by atoms with van der Waals surface area (Å²) in [5, 5.41) is 11.8. The molecule has 0 fully saturated rings. The van der Waals surface area contributed by atoms with Crippen molar-refractivity contribution in [3.05, 3.63) is 29.8 Å². The molecular weight excluding hydrogens is 276 g/mol. The average Bonchev–Trinajstić information content (AvgIpc) is 2.88.